The summed E-state index contributed by atoms with van der Waals surface area (Å²) in [6.45, 7) is 2.12. The molecule has 3 rings (SSSR count). The average Bonchev–Trinajstić information content (AvgIpc) is 3.07. The Bertz CT molecular complexity index is 904. The SMILES string of the molecule is C#CCNC(=O)c1cc2c(C)nn(-c3ccccc3Cl)c2s1. The van der Waals surface area contributed by atoms with Gasteiger partial charge in [0, 0.05) is 5.39 Å². The number of nitrogens with zero attached hydrogens (tertiary/aromatic N) is 2. The van der Waals surface area contributed by atoms with Crippen LogP contribution in [0.4, 0.5) is 0 Å². The molecule has 0 saturated heterocycles. The highest BCUT2D eigenvalue weighted by Crippen LogP contribution is 2.32. The highest BCUT2D eigenvalue weighted by Gasteiger charge is 2.17. The third-order valence-corrected chi connectivity index (χ3v) is 4.63. The van der Waals surface area contributed by atoms with Crippen LogP contribution in [0, 0.1) is 19.3 Å². The zero-order valence-corrected chi connectivity index (χ0v) is 13.3. The van der Waals surface area contributed by atoms with E-state index >= 15 is 0 Å². The van der Waals surface area contributed by atoms with Crippen LogP contribution < -0.4 is 5.32 Å². The molecule has 0 atom stereocenters. The van der Waals surface area contributed by atoms with Crippen molar-refractivity contribution in [3.8, 4) is 18.0 Å². The van der Waals surface area contributed by atoms with E-state index in [0.717, 1.165) is 21.6 Å². The number of rotatable bonds is 3. The van der Waals surface area contributed by atoms with Crippen LogP contribution in [-0.4, -0.2) is 22.2 Å². The summed E-state index contributed by atoms with van der Waals surface area (Å²) in [7, 11) is 0. The monoisotopic (exact) mass is 329 g/mol. The van der Waals surface area contributed by atoms with Gasteiger partial charge in [0.2, 0.25) is 0 Å². The number of carbonyl (C=O) groups excluding carboxylic acids is 1. The van der Waals surface area contributed by atoms with Crippen molar-refractivity contribution in [3.63, 3.8) is 0 Å². The van der Waals surface area contributed by atoms with Crippen LogP contribution in [0.1, 0.15) is 15.4 Å². The predicted molar refractivity (Wildman–Crippen MR) is 89.9 cm³/mol. The smallest absolute Gasteiger partial charge is 0.262 e. The van der Waals surface area contributed by atoms with E-state index in [1.54, 1.807) is 4.68 Å². The molecule has 0 aliphatic carbocycles. The van der Waals surface area contributed by atoms with Crippen molar-refractivity contribution < 1.29 is 4.79 Å². The number of amides is 1. The Morgan fingerprint density at radius 1 is 1.50 bits per heavy atom. The first-order valence-electron chi connectivity index (χ1n) is 6.57. The number of aromatic nitrogens is 2. The van der Waals surface area contributed by atoms with E-state index in [1.807, 2.05) is 37.3 Å². The van der Waals surface area contributed by atoms with Gasteiger partial charge in [0.05, 0.1) is 27.8 Å². The van der Waals surface area contributed by atoms with E-state index in [0.29, 0.717) is 9.90 Å². The number of benzene rings is 1. The van der Waals surface area contributed by atoms with Crippen LogP contribution in [0.2, 0.25) is 5.02 Å². The Labute approximate surface area is 136 Å². The van der Waals surface area contributed by atoms with Crippen molar-refractivity contribution in [1.29, 1.82) is 0 Å². The number of aryl methyl sites for hydroxylation is 1. The Morgan fingerprint density at radius 3 is 3.00 bits per heavy atom. The van der Waals surface area contributed by atoms with Crippen LogP contribution in [0.5, 0.6) is 0 Å². The molecule has 1 amide bonds. The molecule has 1 N–H and O–H groups in total. The minimum Gasteiger partial charge on any atom is -0.340 e. The van der Waals surface area contributed by atoms with E-state index in [-0.39, 0.29) is 12.5 Å². The summed E-state index contributed by atoms with van der Waals surface area (Å²) < 4.78 is 1.77. The molecule has 0 spiro atoms. The van der Waals surface area contributed by atoms with Crippen LogP contribution in [0.15, 0.2) is 30.3 Å². The quantitative estimate of drug-likeness (QED) is 0.748. The highest BCUT2D eigenvalue weighted by atomic mass is 35.5. The minimum absolute atomic E-state index is 0.177. The Hall–Kier alpha value is -2.29. The van der Waals surface area contributed by atoms with E-state index in [9.17, 15) is 4.79 Å². The van der Waals surface area contributed by atoms with Gasteiger partial charge in [-0.25, -0.2) is 4.68 Å². The first kappa shape index (κ1) is 14.6. The van der Waals surface area contributed by atoms with Crippen molar-refractivity contribution in [1.82, 2.24) is 15.1 Å². The number of hydrogen-bond donors (Lipinski definition) is 1. The largest absolute Gasteiger partial charge is 0.340 e. The molecular weight excluding hydrogens is 318 g/mol. The van der Waals surface area contributed by atoms with Crippen molar-refractivity contribution in [2.24, 2.45) is 0 Å². The molecule has 4 nitrogen and oxygen atoms in total. The zero-order valence-electron chi connectivity index (χ0n) is 11.8. The summed E-state index contributed by atoms with van der Waals surface area (Å²) in [4.78, 5) is 13.5. The molecular formula is C16H12ClN3OS. The molecule has 0 aliphatic rings. The maximum atomic E-state index is 12.0. The maximum Gasteiger partial charge on any atom is 0.262 e. The summed E-state index contributed by atoms with van der Waals surface area (Å²) in [5.74, 6) is 2.21. The third kappa shape index (κ3) is 2.47. The lowest BCUT2D eigenvalue weighted by molar-refractivity contribution is 0.0963. The first-order valence-corrected chi connectivity index (χ1v) is 7.77. The van der Waals surface area contributed by atoms with Gasteiger partial charge in [-0.05, 0) is 25.1 Å². The number of hydrogen-bond acceptors (Lipinski definition) is 3. The number of nitrogens with one attached hydrogen (secondary N) is 1. The number of carbonyl (C=O) groups is 1. The first-order chi connectivity index (χ1) is 10.6. The second-order valence-electron chi connectivity index (χ2n) is 4.66. The molecule has 0 bridgehead atoms. The van der Waals surface area contributed by atoms with Gasteiger partial charge < -0.3 is 5.32 Å². The van der Waals surface area contributed by atoms with Crippen molar-refractivity contribution in [2.75, 3.05) is 6.54 Å². The molecule has 110 valence electrons. The standard InChI is InChI=1S/C16H12ClN3OS/c1-3-8-18-15(21)14-9-11-10(2)19-20(16(11)22-14)13-7-5-4-6-12(13)17/h1,4-7,9H,8H2,2H3,(H,18,21). The predicted octanol–water partition coefficient (Wildman–Crippen LogP) is 3.41. The molecule has 0 radical (unpaired) electrons. The Morgan fingerprint density at radius 2 is 2.27 bits per heavy atom. The summed E-state index contributed by atoms with van der Waals surface area (Å²) in [6, 6.07) is 9.31. The fourth-order valence-electron chi connectivity index (χ4n) is 2.16. The lowest BCUT2D eigenvalue weighted by Gasteiger charge is -2.04. The topological polar surface area (TPSA) is 46.9 Å². The van der Waals surface area contributed by atoms with Crippen LogP contribution >= 0.6 is 22.9 Å². The molecule has 0 saturated carbocycles. The Balaban J connectivity index is 2.10. The fraction of sp³-hybridized carbons (Fsp3) is 0.125. The van der Waals surface area contributed by atoms with Gasteiger partial charge in [-0.15, -0.1) is 17.8 Å². The molecule has 2 heterocycles. The molecule has 22 heavy (non-hydrogen) atoms. The average molecular weight is 330 g/mol. The summed E-state index contributed by atoms with van der Waals surface area (Å²) in [5.41, 5.74) is 1.64. The number of halogens is 1. The molecule has 0 unspecified atom stereocenters. The molecule has 1 aromatic carbocycles. The number of fused-ring (bicyclic) bond motifs is 1. The lowest BCUT2D eigenvalue weighted by Crippen LogP contribution is -2.22. The number of thiophene rings is 1. The second-order valence-corrected chi connectivity index (χ2v) is 6.10. The van der Waals surface area contributed by atoms with Crippen LogP contribution in [0.25, 0.3) is 15.9 Å². The van der Waals surface area contributed by atoms with Gasteiger partial charge in [0.1, 0.15) is 4.83 Å². The molecule has 2 aromatic heterocycles. The summed E-state index contributed by atoms with van der Waals surface area (Å²) in [6.07, 6.45) is 5.16. The molecule has 3 aromatic rings. The van der Waals surface area contributed by atoms with E-state index in [4.69, 9.17) is 18.0 Å². The third-order valence-electron chi connectivity index (χ3n) is 3.20. The van der Waals surface area contributed by atoms with E-state index < -0.39 is 0 Å². The zero-order chi connectivity index (χ0) is 15.7. The normalized spacial score (nSPS) is 10.6. The van der Waals surface area contributed by atoms with Crippen molar-refractivity contribution >= 4 is 39.1 Å². The van der Waals surface area contributed by atoms with Crippen LogP contribution in [-0.2, 0) is 0 Å². The minimum atomic E-state index is -0.177. The number of para-hydroxylation sites is 1. The van der Waals surface area contributed by atoms with Gasteiger partial charge in [0.25, 0.3) is 5.91 Å². The fourth-order valence-corrected chi connectivity index (χ4v) is 3.47. The Kier molecular flexibility index (Phi) is 3.88. The summed E-state index contributed by atoms with van der Waals surface area (Å²) in [5, 5.41) is 8.74. The van der Waals surface area contributed by atoms with Crippen LogP contribution in [0.3, 0.4) is 0 Å². The van der Waals surface area contributed by atoms with Crippen molar-refractivity contribution in [3.05, 3.63) is 45.9 Å². The van der Waals surface area contributed by atoms with E-state index in [1.165, 1.54) is 11.3 Å². The lowest BCUT2D eigenvalue weighted by atomic mass is 10.3. The number of terminal acetylenes is 1. The van der Waals surface area contributed by atoms with Crippen molar-refractivity contribution in [2.45, 2.75) is 6.92 Å². The molecule has 6 heteroatoms. The van der Waals surface area contributed by atoms with Gasteiger partial charge in [-0.2, -0.15) is 5.10 Å². The van der Waals surface area contributed by atoms with Gasteiger partial charge >= 0.3 is 0 Å². The van der Waals surface area contributed by atoms with Gasteiger partial charge in [-0.1, -0.05) is 29.7 Å². The van der Waals surface area contributed by atoms with Gasteiger partial charge in [0.15, 0.2) is 0 Å². The second kappa shape index (κ2) is 5.84. The maximum absolute atomic E-state index is 12.0. The molecule has 0 aliphatic heterocycles. The summed E-state index contributed by atoms with van der Waals surface area (Å²) >= 11 is 7.62. The highest BCUT2D eigenvalue weighted by molar-refractivity contribution is 7.20. The van der Waals surface area contributed by atoms with Gasteiger partial charge in [-0.3, -0.25) is 4.79 Å². The van der Waals surface area contributed by atoms with E-state index in [2.05, 4.69) is 16.3 Å². The molecule has 0 fully saturated rings.